The van der Waals surface area contributed by atoms with Gasteiger partial charge < -0.3 is 18.9 Å². The summed E-state index contributed by atoms with van der Waals surface area (Å²) < 4.78 is 21.6. The minimum atomic E-state index is 0.318. The predicted octanol–water partition coefficient (Wildman–Crippen LogP) is 2.30. The van der Waals surface area contributed by atoms with E-state index in [-0.39, 0.29) is 0 Å². The molecule has 0 saturated heterocycles. The smallest absolute Gasteiger partial charge is 0.319 e. The number of rotatable bonds is 5. The summed E-state index contributed by atoms with van der Waals surface area (Å²) in [5.74, 6) is 2.47. The van der Waals surface area contributed by atoms with Crippen LogP contribution in [0.5, 0.6) is 23.4 Å². The third-order valence-corrected chi connectivity index (χ3v) is 3.88. The molecule has 0 spiro atoms. The fourth-order valence-corrected chi connectivity index (χ4v) is 2.79. The largest absolute Gasteiger partial charge is 0.493 e. The lowest BCUT2D eigenvalue weighted by Gasteiger charge is -2.26. The molecular formula is C17H20N2O4. The molecule has 1 aliphatic rings. The van der Waals surface area contributed by atoms with Crippen molar-refractivity contribution in [1.29, 1.82) is 0 Å². The Labute approximate surface area is 135 Å². The first-order valence-corrected chi connectivity index (χ1v) is 7.48. The maximum Gasteiger partial charge on any atom is 0.319 e. The number of para-hydroxylation sites is 1. The molecule has 0 bridgehead atoms. The number of hydrogen-bond donors (Lipinski definition) is 0. The van der Waals surface area contributed by atoms with E-state index in [0.29, 0.717) is 24.4 Å². The summed E-state index contributed by atoms with van der Waals surface area (Å²) in [6.07, 6.45) is 1.69. The summed E-state index contributed by atoms with van der Waals surface area (Å²) in [7, 11) is 4.78. The van der Waals surface area contributed by atoms with Gasteiger partial charge in [0.05, 0.1) is 33.6 Å². The van der Waals surface area contributed by atoms with Crippen molar-refractivity contribution >= 4 is 0 Å². The Kier molecular flexibility index (Phi) is 4.50. The van der Waals surface area contributed by atoms with Crippen molar-refractivity contribution in [2.24, 2.45) is 5.92 Å². The van der Waals surface area contributed by atoms with Crippen molar-refractivity contribution in [3.8, 4) is 23.4 Å². The molecule has 1 aromatic carbocycles. The van der Waals surface area contributed by atoms with Gasteiger partial charge in [0.15, 0.2) is 11.5 Å². The Morgan fingerprint density at radius 3 is 2.74 bits per heavy atom. The fraction of sp³-hybridized carbons (Fsp3) is 0.412. The number of aromatic nitrogens is 2. The maximum absolute atomic E-state index is 5.91. The highest BCUT2D eigenvalue weighted by molar-refractivity contribution is 5.47. The Hall–Kier alpha value is -2.50. The van der Waals surface area contributed by atoms with E-state index in [9.17, 15) is 0 Å². The van der Waals surface area contributed by atoms with Crippen molar-refractivity contribution in [1.82, 2.24) is 9.97 Å². The summed E-state index contributed by atoms with van der Waals surface area (Å²) in [4.78, 5) is 8.51. The first kappa shape index (κ1) is 15.4. The number of hydrogen-bond acceptors (Lipinski definition) is 6. The second kappa shape index (κ2) is 6.73. The third kappa shape index (κ3) is 3.31. The average Bonchev–Trinajstić information content (AvgIpc) is 2.60. The maximum atomic E-state index is 5.91. The van der Waals surface area contributed by atoms with Crippen LogP contribution < -0.4 is 18.9 Å². The quantitative estimate of drug-likeness (QED) is 0.843. The number of nitrogens with zero attached hydrogens (tertiary/aromatic N) is 2. The highest BCUT2D eigenvalue weighted by Crippen LogP contribution is 2.36. The van der Waals surface area contributed by atoms with Crippen molar-refractivity contribution in [3.05, 3.63) is 35.5 Å². The zero-order valence-corrected chi connectivity index (χ0v) is 13.5. The van der Waals surface area contributed by atoms with E-state index in [1.807, 2.05) is 18.2 Å². The molecule has 23 heavy (non-hydrogen) atoms. The molecule has 3 rings (SSSR count). The molecule has 6 heteroatoms. The lowest BCUT2D eigenvalue weighted by Crippen LogP contribution is -2.23. The first-order valence-electron chi connectivity index (χ1n) is 7.48. The van der Waals surface area contributed by atoms with E-state index in [4.69, 9.17) is 18.9 Å². The van der Waals surface area contributed by atoms with Crippen LogP contribution in [0, 0.1) is 5.92 Å². The molecule has 1 aliphatic heterocycles. The molecule has 0 fully saturated rings. The molecule has 0 N–H and O–H groups in total. The first-order chi connectivity index (χ1) is 11.2. The zero-order valence-electron chi connectivity index (χ0n) is 13.5. The number of benzene rings is 1. The predicted molar refractivity (Wildman–Crippen MR) is 84.5 cm³/mol. The topological polar surface area (TPSA) is 62.7 Å². The van der Waals surface area contributed by atoms with Gasteiger partial charge in [-0.3, -0.25) is 0 Å². The monoisotopic (exact) mass is 316 g/mol. The number of ether oxygens (including phenoxy) is 4. The molecule has 122 valence electrons. The molecule has 0 saturated carbocycles. The van der Waals surface area contributed by atoms with E-state index < -0.39 is 0 Å². The lowest BCUT2D eigenvalue weighted by atomic mass is 9.92. The van der Waals surface area contributed by atoms with Gasteiger partial charge in [0, 0.05) is 12.0 Å². The minimum Gasteiger partial charge on any atom is -0.493 e. The average molecular weight is 316 g/mol. The van der Waals surface area contributed by atoms with Crippen LogP contribution in [0.2, 0.25) is 0 Å². The van der Waals surface area contributed by atoms with Crippen LogP contribution in [-0.2, 0) is 12.8 Å². The van der Waals surface area contributed by atoms with Crippen LogP contribution in [-0.4, -0.2) is 37.9 Å². The molecule has 1 atom stereocenters. The van der Waals surface area contributed by atoms with Gasteiger partial charge in [-0.15, -0.1) is 0 Å². The van der Waals surface area contributed by atoms with E-state index >= 15 is 0 Å². The van der Waals surface area contributed by atoms with E-state index in [1.54, 1.807) is 21.3 Å². The molecule has 0 aliphatic carbocycles. The second-order valence-corrected chi connectivity index (χ2v) is 5.42. The standard InChI is InChI=1S/C17H20N2O4/c1-20-14-6-4-5-12-7-11(10-23-16(12)14)8-13-9-15(21-2)19-17(18-13)22-3/h4-6,9,11H,7-8,10H2,1-3H3/t11-/m0/s1. The van der Waals surface area contributed by atoms with Crippen molar-refractivity contribution in [3.63, 3.8) is 0 Å². The van der Waals surface area contributed by atoms with Gasteiger partial charge in [0.25, 0.3) is 0 Å². The van der Waals surface area contributed by atoms with Crippen molar-refractivity contribution < 1.29 is 18.9 Å². The van der Waals surface area contributed by atoms with Gasteiger partial charge in [-0.2, -0.15) is 4.98 Å². The third-order valence-electron chi connectivity index (χ3n) is 3.88. The number of fused-ring (bicyclic) bond motifs is 1. The molecule has 0 radical (unpaired) electrons. The Morgan fingerprint density at radius 2 is 2.00 bits per heavy atom. The van der Waals surface area contributed by atoms with E-state index in [2.05, 4.69) is 16.0 Å². The van der Waals surface area contributed by atoms with Crippen LogP contribution in [0.25, 0.3) is 0 Å². The molecule has 0 unspecified atom stereocenters. The second-order valence-electron chi connectivity index (χ2n) is 5.42. The van der Waals surface area contributed by atoms with Crippen LogP contribution >= 0.6 is 0 Å². The van der Waals surface area contributed by atoms with Crippen LogP contribution in [0.15, 0.2) is 24.3 Å². The summed E-state index contributed by atoms with van der Waals surface area (Å²) in [6, 6.07) is 8.13. The molecule has 1 aromatic heterocycles. The fourth-order valence-electron chi connectivity index (χ4n) is 2.79. The summed E-state index contributed by atoms with van der Waals surface area (Å²) in [5, 5.41) is 0. The Morgan fingerprint density at radius 1 is 1.13 bits per heavy atom. The van der Waals surface area contributed by atoms with Gasteiger partial charge in [0.1, 0.15) is 0 Å². The molecule has 6 nitrogen and oxygen atoms in total. The van der Waals surface area contributed by atoms with E-state index in [1.165, 1.54) is 0 Å². The van der Waals surface area contributed by atoms with Gasteiger partial charge in [0.2, 0.25) is 5.88 Å². The summed E-state index contributed by atoms with van der Waals surface area (Å²) in [6.45, 7) is 0.627. The van der Waals surface area contributed by atoms with Gasteiger partial charge >= 0.3 is 6.01 Å². The lowest BCUT2D eigenvalue weighted by molar-refractivity contribution is 0.210. The van der Waals surface area contributed by atoms with Crippen molar-refractivity contribution in [2.75, 3.05) is 27.9 Å². The van der Waals surface area contributed by atoms with E-state index in [0.717, 1.165) is 35.6 Å². The molecule has 2 heterocycles. The molecule has 2 aromatic rings. The summed E-state index contributed by atoms with van der Waals surface area (Å²) >= 11 is 0. The van der Waals surface area contributed by atoms with Gasteiger partial charge in [-0.05, 0) is 24.5 Å². The normalized spacial score (nSPS) is 16.2. The van der Waals surface area contributed by atoms with Crippen LogP contribution in [0.4, 0.5) is 0 Å². The number of methoxy groups -OCH3 is 3. The van der Waals surface area contributed by atoms with Crippen molar-refractivity contribution in [2.45, 2.75) is 12.8 Å². The Bertz CT molecular complexity index is 668. The molecular weight excluding hydrogens is 296 g/mol. The zero-order chi connectivity index (χ0) is 16.2. The van der Waals surface area contributed by atoms with Gasteiger partial charge in [-0.25, -0.2) is 4.98 Å². The Balaban J connectivity index is 1.77. The SMILES string of the molecule is COc1cc(C[C@H]2COc3c(cccc3OC)C2)nc(OC)n1. The highest BCUT2D eigenvalue weighted by Gasteiger charge is 2.23. The van der Waals surface area contributed by atoms with Crippen LogP contribution in [0.1, 0.15) is 11.3 Å². The van der Waals surface area contributed by atoms with Gasteiger partial charge in [-0.1, -0.05) is 12.1 Å². The minimum absolute atomic E-state index is 0.318. The summed E-state index contributed by atoms with van der Waals surface area (Å²) in [5.41, 5.74) is 2.04. The van der Waals surface area contributed by atoms with Crippen LogP contribution in [0.3, 0.4) is 0 Å². The molecule has 0 amide bonds. The highest BCUT2D eigenvalue weighted by atomic mass is 16.5.